The van der Waals surface area contributed by atoms with Gasteiger partial charge in [0.25, 0.3) is 5.91 Å². The number of benzene rings is 2. The number of nitrogens with zero attached hydrogens (tertiary/aromatic N) is 2. The SMILES string of the molecule is N#Cc1ccc(C(NC2CCN(c3ccccc3C(N)=O)C2)C(N)=O)cc1. The molecule has 7 nitrogen and oxygen atoms in total. The first-order valence-electron chi connectivity index (χ1n) is 8.69. The molecule has 0 spiro atoms. The van der Waals surface area contributed by atoms with E-state index < -0.39 is 17.9 Å². The first-order chi connectivity index (χ1) is 13.0. The Morgan fingerprint density at radius 1 is 1.15 bits per heavy atom. The highest BCUT2D eigenvalue weighted by molar-refractivity contribution is 5.98. The third-order valence-electron chi connectivity index (χ3n) is 4.76. The van der Waals surface area contributed by atoms with Gasteiger partial charge < -0.3 is 16.4 Å². The molecule has 0 saturated carbocycles. The first-order valence-corrected chi connectivity index (χ1v) is 8.69. The lowest BCUT2D eigenvalue weighted by Crippen LogP contribution is -2.41. The molecule has 1 saturated heterocycles. The van der Waals surface area contributed by atoms with E-state index in [9.17, 15) is 9.59 Å². The molecule has 7 heteroatoms. The fourth-order valence-corrected chi connectivity index (χ4v) is 3.40. The zero-order valence-electron chi connectivity index (χ0n) is 14.8. The molecule has 2 atom stereocenters. The van der Waals surface area contributed by atoms with Gasteiger partial charge in [-0.25, -0.2) is 0 Å². The number of amides is 2. The molecule has 1 heterocycles. The van der Waals surface area contributed by atoms with E-state index in [1.165, 1.54) is 0 Å². The number of nitriles is 1. The van der Waals surface area contributed by atoms with Gasteiger partial charge in [-0.2, -0.15) is 5.26 Å². The van der Waals surface area contributed by atoms with E-state index in [1.807, 2.05) is 12.1 Å². The van der Waals surface area contributed by atoms with Crippen LogP contribution in [0.2, 0.25) is 0 Å². The Kier molecular flexibility index (Phi) is 5.38. The molecule has 1 aliphatic rings. The molecule has 1 aliphatic heterocycles. The number of nitrogens with one attached hydrogen (secondary N) is 1. The maximum atomic E-state index is 12.0. The minimum atomic E-state index is -0.644. The van der Waals surface area contributed by atoms with Crippen molar-refractivity contribution in [3.05, 3.63) is 65.2 Å². The Morgan fingerprint density at radius 2 is 1.85 bits per heavy atom. The lowest BCUT2D eigenvalue weighted by molar-refractivity contribution is -0.120. The number of para-hydroxylation sites is 1. The second-order valence-electron chi connectivity index (χ2n) is 6.55. The summed E-state index contributed by atoms with van der Waals surface area (Å²) >= 11 is 0. The number of primary amides is 2. The zero-order valence-corrected chi connectivity index (χ0v) is 14.8. The van der Waals surface area contributed by atoms with Gasteiger partial charge >= 0.3 is 0 Å². The number of nitrogens with two attached hydrogens (primary N) is 2. The van der Waals surface area contributed by atoms with Crippen LogP contribution in [0.3, 0.4) is 0 Å². The summed E-state index contributed by atoms with van der Waals surface area (Å²) in [6.07, 6.45) is 0.799. The van der Waals surface area contributed by atoms with Gasteiger partial charge in [0.2, 0.25) is 5.91 Å². The number of rotatable bonds is 6. The van der Waals surface area contributed by atoms with Crippen molar-refractivity contribution in [1.82, 2.24) is 5.32 Å². The van der Waals surface area contributed by atoms with Crippen LogP contribution < -0.4 is 21.7 Å². The van der Waals surface area contributed by atoms with E-state index in [1.54, 1.807) is 36.4 Å². The van der Waals surface area contributed by atoms with Gasteiger partial charge in [0, 0.05) is 24.8 Å². The Labute approximate surface area is 157 Å². The minimum absolute atomic E-state index is 0.0269. The molecule has 2 amide bonds. The van der Waals surface area contributed by atoms with Crippen molar-refractivity contribution >= 4 is 17.5 Å². The third-order valence-corrected chi connectivity index (χ3v) is 4.76. The normalized spacial score (nSPS) is 17.3. The maximum Gasteiger partial charge on any atom is 0.250 e. The van der Waals surface area contributed by atoms with E-state index in [0.29, 0.717) is 17.7 Å². The van der Waals surface area contributed by atoms with Crippen LogP contribution in [-0.2, 0) is 4.79 Å². The van der Waals surface area contributed by atoms with Gasteiger partial charge in [0.15, 0.2) is 0 Å². The average Bonchev–Trinajstić information content (AvgIpc) is 3.14. The van der Waals surface area contributed by atoms with Gasteiger partial charge in [0.1, 0.15) is 6.04 Å². The number of anilines is 1. The predicted molar refractivity (Wildman–Crippen MR) is 102 cm³/mol. The lowest BCUT2D eigenvalue weighted by Gasteiger charge is -2.23. The van der Waals surface area contributed by atoms with Crippen LogP contribution in [0.4, 0.5) is 5.69 Å². The summed E-state index contributed by atoms with van der Waals surface area (Å²) in [5, 5.41) is 12.2. The van der Waals surface area contributed by atoms with Crippen molar-refractivity contribution in [2.45, 2.75) is 18.5 Å². The quantitative estimate of drug-likeness (QED) is 0.707. The van der Waals surface area contributed by atoms with Crippen molar-refractivity contribution < 1.29 is 9.59 Å². The summed E-state index contributed by atoms with van der Waals surface area (Å²) < 4.78 is 0. The second-order valence-corrected chi connectivity index (χ2v) is 6.55. The van der Waals surface area contributed by atoms with Crippen LogP contribution in [0.1, 0.15) is 33.9 Å². The fourth-order valence-electron chi connectivity index (χ4n) is 3.40. The van der Waals surface area contributed by atoms with Crippen LogP contribution >= 0.6 is 0 Å². The summed E-state index contributed by atoms with van der Waals surface area (Å²) in [6, 6.07) is 15.5. The molecule has 0 bridgehead atoms. The molecular weight excluding hydrogens is 342 g/mol. The van der Waals surface area contributed by atoms with Gasteiger partial charge in [0.05, 0.1) is 17.2 Å². The van der Waals surface area contributed by atoms with E-state index in [-0.39, 0.29) is 6.04 Å². The molecule has 1 fully saturated rings. The highest BCUT2D eigenvalue weighted by Crippen LogP contribution is 2.25. The summed E-state index contributed by atoms with van der Waals surface area (Å²) in [4.78, 5) is 25.7. The predicted octanol–water partition coefficient (Wildman–Crippen LogP) is 1.05. The second kappa shape index (κ2) is 7.89. The van der Waals surface area contributed by atoms with Crippen LogP contribution in [0.25, 0.3) is 0 Å². The van der Waals surface area contributed by atoms with Gasteiger partial charge in [-0.3, -0.25) is 14.9 Å². The fraction of sp³-hybridized carbons (Fsp3) is 0.250. The number of carbonyl (C=O) groups is 2. The lowest BCUT2D eigenvalue weighted by atomic mass is 10.0. The summed E-state index contributed by atoms with van der Waals surface area (Å²) in [7, 11) is 0. The molecule has 138 valence electrons. The van der Waals surface area contributed by atoms with Crippen molar-refractivity contribution in [3.8, 4) is 6.07 Å². The Bertz CT molecular complexity index is 888. The molecule has 2 aromatic rings. The van der Waals surface area contributed by atoms with Gasteiger partial charge in [-0.05, 0) is 36.2 Å². The molecular formula is C20H21N5O2. The van der Waals surface area contributed by atoms with Gasteiger partial charge in [-0.1, -0.05) is 24.3 Å². The Balaban J connectivity index is 1.73. The van der Waals surface area contributed by atoms with Crippen LogP contribution in [0.15, 0.2) is 48.5 Å². The molecule has 0 aliphatic carbocycles. The van der Waals surface area contributed by atoms with E-state index in [2.05, 4.69) is 16.3 Å². The largest absolute Gasteiger partial charge is 0.369 e. The Hall–Kier alpha value is -3.37. The van der Waals surface area contributed by atoms with Crippen LogP contribution in [0, 0.1) is 11.3 Å². The summed E-state index contributed by atoms with van der Waals surface area (Å²) in [5.74, 6) is -0.940. The van der Waals surface area contributed by atoms with E-state index in [4.69, 9.17) is 16.7 Å². The zero-order chi connectivity index (χ0) is 19.4. The maximum absolute atomic E-state index is 12.0. The summed E-state index contributed by atoms with van der Waals surface area (Å²) in [6.45, 7) is 1.37. The number of hydrogen-bond acceptors (Lipinski definition) is 5. The molecule has 0 radical (unpaired) electrons. The van der Waals surface area contributed by atoms with E-state index >= 15 is 0 Å². The molecule has 5 N–H and O–H groups in total. The standard InChI is InChI=1S/C20H21N5O2/c21-11-13-5-7-14(8-6-13)18(20(23)27)24-15-9-10-25(12-15)17-4-2-1-3-16(17)19(22)26/h1-8,15,18,24H,9-10,12H2,(H2,22,26)(H2,23,27). The Morgan fingerprint density at radius 3 is 2.48 bits per heavy atom. The molecule has 3 rings (SSSR count). The van der Waals surface area contributed by atoms with Crippen molar-refractivity contribution in [2.75, 3.05) is 18.0 Å². The minimum Gasteiger partial charge on any atom is -0.369 e. The van der Waals surface area contributed by atoms with Crippen molar-refractivity contribution in [2.24, 2.45) is 11.5 Å². The van der Waals surface area contributed by atoms with Crippen molar-refractivity contribution in [3.63, 3.8) is 0 Å². The molecule has 2 unspecified atom stereocenters. The van der Waals surface area contributed by atoms with Gasteiger partial charge in [-0.15, -0.1) is 0 Å². The number of carbonyl (C=O) groups excluding carboxylic acids is 2. The average molecular weight is 363 g/mol. The van der Waals surface area contributed by atoms with E-state index in [0.717, 1.165) is 24.2 Å². The van der Waals surface area contributed by atoms with Crippen molar-refractivity contribution in [1.29, 1.82) is 5.26 Å². The third kappa shape index (κ3) is 4.07. The van der Waals surface area contributed by atoms with Crippen LogP contribution in [-0.4, -0.2) is 30.9 Å². The molecule has 0 aromatic heterocycles. The highest BCUT2D eigenvalue weighted by Gasteiger charge is 2.29. The molecule has 2 aromatic carbocycles. The first kappa shape index (κ1) is 18.4. The topological polar surface area (TPSA) is 125 Å². The van der Waals surface area contributed by atoms with Crippen LogP contribution in [0.5, 0.6) is 0 Å². The molecule has 27 heavy (non-hydrogen) atoms. The summed E-state index contributed by atoms with van der Waals surface area (Å²) in [5.41, 5.74) is 13.6. The highest BCUT2D eigenvalue weighted by atomic mass is 16.1. The smallest absolute Gasteiger partial charge is 0.250 e. The number of hydrogen-bond donors (Lipinski definition) is 3. The monoisotopic (exact) mass is 363 g/mol.